The fourth-order valence-corrected chi connectivity index (χ4v) is 2.39. The van der Waals surface area contributed by atoms with Crippen molar-refractivity contribution in [3.63, 3.8) is 0 Å². The summed E-state index contributed by atoms with van der Waals surface area (Å²) in [5.74, 6) is 0.918. The van der Waals surface area contributed by atoms with Crippen molar-refractivity contribution in [3.8, 4) is 16.9 Å². The van der Waals surface area contributed by atoms with Gasteiger partial charge in [0.05, 0.1) is 0 Å². The standard InChI is InChI=1S/C18H22BrNO/c1-3-12-20-13-14(2)21-18-10-6-16(7-11-18)15-4-8-17(19)9-5-15/h4-11,14,20H,3,12-13H2,1-2H3. The first-order chi connectivity index (χ1) is 10.2. The van der Waals surface area contributed by atoms with Gasteiger partial charge in [0.2, 0.25) is 0 Å². The highest BCUT2D eigenvalue weighted by atomic mass is 79.9. The van der Waals surface area contributed by atoms with Crippen LogP contribution in [0.1, 0.15) is 20.3 Å². The van der Waals surface area contributed by atoms with E-state index in [0.717, 1.165) is 29.7 Å². The molecule has 0 aromatic heterocycles. The van der Waals surface area contributed by atoms with Gasteiger partial charge in [0.15, 0.2) is 0 Å². The zero-order valence-electron chi connectivity index (χ0n) is 12.6. The molecule has 3 heteroatoms. The van der Waals surface area contributed by atoms with E-state index in [1.165, 1.54) is 11.1 Å². The average Bonchev–Trinajstić information content (AvgIpc) is 2.49. The Morgan fingerprint density at radius 2 is 1.57 bits per heavy atom. The summed E-state index contributed by atoms with van der Waals surface area (Å²) in [6, 6.07) is 16.6. The van der Waals surface area contributed by atoms with Gasteiger partial charge in [-0.05, 0) is 55.3 Å². The Labute approximate surface area is 135 Å². The summed E-state index contributed by atoms with van der Waals surface area (Å²) in [5.41, 5.74) is 2.41. The van der Waals surface area contributed by atoms with Crippen LogP contribution in [0.2, 0.25) is 0 Å². The van der Waals surface area contributed by atoms with E-state index >= 15 is 0 Å². The van der Waals surface area contributed by atoms with Crippen LogP contribution in [0.5, 0.6) is 5.75 Å². The fraction of sp³-hybridized carbons (Fsp3) is 0.333. The molecule has 2 nitrogen and oxygen atoms in total. The van der Waals surface area contributed by atoms with E-state index in [1.54, 1.807) is 0 Å². The van der Waals surface area contributed by atoms with Gasteiger partial charge in [0, 0.05) is 11.0 Å². The van der Waals surface area contributed by atoms with Gasteiger partial charge in [-0.3, -0.25) is 0 Å². The van der Waals surface area contributed by atoms with E-state index in [1.807, 2.05) is 12.1 Å². The fourth-order valence-electron chi connectivity index (χ4n) is 2.12. The van der Waals surface area contributed by atoms with Gasteiger partial charge in [0.25, 0.3) is 0 Å². The molecule has 0 aliphatic carbocycles. The molecule has 0 amide bonds. The van der Waals surface area contributed by atoms with Crippen LogP contribution in [0.4, 0.5) is 0 Å². The predicted molar refractivity (Wildman–Crippen MR) is 92.8 cm³/mol. The Kier molecular flexibility index (Phi) is 6.27. The van der Waals surface area contributed by atoms with Gasteiger partial charge in [-0.1, -0.05) is 47.1 Å². The highest BCUT2D eigenvalue weighted by molar-refractivity contribution is 9.10. The summed E-state index contributed by atoms with van der Waals surface area (Å²) in [5, 5.41) is 3.37. The molecule has 2 aromatic carbocycles. The molecule has 21 heavy (non-hydrogen) atoms. The molecule has 0 fully saturated rings. The normalized spacial score (nSPS) is 12.1. The highest BCUT2D eigenvalue weighted by Crippen LogP contribution is 2.24. The third kappa shape index (κ3) is 5.18. The highest BCUT2D eigenvalue weighted by Gasteiger charge is 2.04. The Morgan fingerprint density at radius 1 is 1.00 bits per heavy atom. The van der Waals surface area contributed by atoms with Crippen LogP contribution in [0.25, 0.3) is 11.1 Å². The summed E-state index contributed by atoms with van der Waals surface area (Å²) in [7, 11) is 0. The minimum Gasteiger partial charge on any atom is -0.489 e. The maximum atomic E-state index is 5.90. The minimum absolute atomic E-state index is 0.176. The van der Waals surface area contributed by atoms with Crippen molar-refractivity contribution in [2.24, 2.45) is 0 Å². The average molecular weight is 348 g/mol. The minimum atomic E-state index is 0.176. The van der Waals surface area contributed by atoms with Gasteiger partial charge in [0.1, 0.15) is 11.9 Å². The van der Waals surface area contributed by atoms with E-state index in [0.29, 0.717) is 0 Å². The molecule has 112 valence electrons. The van der Waals surface area contributed by atoms with E-state index in [9.17, 15) is 0 Å². The zero-order chi connectivity index (χ0) is 15.1. The van der Waals surface area contributed by atoms with E-state index < -0.39 is 0 Å². The quantitative estimate of drug-likeness (QED) is 0.720. The molecule has 2 rings (SSSR count). The van der Waals surface area contributed by atoms with Crippen molar-refractivity contribution in [1.29, 1.82) is 0 Å². The summed E-state index contributed by atoms with van der Waals surface area (Å²) < 4.78 is 7.00. The van der Waals surface area contributed by atoms with E-state index in [-0.39, 0.29) is 6.10 Å². The van der Waals surface area contributed by atoms with Crippen molar-refractivity contribution in [3.05, 3.63) is 53.0 Å². The van der Waals surface area contributed by atoms with Crippen molar-refractivity contribution in [1.82, 2.24) is 5.32 Å². The lowest BCUT2D eigenvalue weighted by Gasteiger charge is -2.15. The number of ether oxygens (including phenoxy) is 1. The molecule has 0 bridgehead atoms. The molecule has 1 unspecified atom stereocenters. The maximum Gasteiger partial charge on any atom is 0.119 e. The Hall–Kier alpha value is -1.32. The molecule has 0 spiro atoms. The Balaban J connectivity index is 1.94. The number of rotatable bonds is 7. The second-order valence-electron chi connectivity index (χ2n) is 5.16. The van der Waals surface area contributed by atoms with Crippen LogP contribution in [-0.4, -0.2) is 19.2 Å². The van der Waals surface area contributed by atoms with Crippen LogP contribution in [0.15, 0.2) is 53.0 Å². The molecular weight excluding hydrogens is 326 g/mol. The third-order valence-corrected chi connectivity index (χ3v) is 3.76. The van der Waals surface area contributed by atoms with Crippen LogP contribution < -0.4 is 10.1 Å². The number of benzene rings is 2. The van der Waals surface area contributed by atoms with Gasteiger partial charge in [-0.2, -0.15) is 0 Å². The van der Waals surface area contributed by atoms with Gasteiger partial charge < -0.3 is 10.1 Å². The Morgan fingerprint density at radius 3 is 2.14 bits per heavy atom. The number of nitrogens with one attached hydrogen (secondary N) is 1. The molecule has 0 radical (unpaired) electrons. The molecule has 0 saturated heterocycles. The lowest BCUT2D eigenvalue weighted by Crippen LogP contribution is -2.29. The second kappa shape index (κ2) is 8.20. The number of halogens is 1. The first-order valence-electron chi connectivity index (χ1n) is 7.42. The summed E-state index contributed by atoms with van der Waals surface area (Å²) >= 11 is 3.46. The third-order valence-electron chi connectivity index (χ3n) is 3.23. The molecule has 0 aliphatic rings. The van der Waals surface area contributed by atoms with Crippen molar-refractivity contribution in [2.75, 3.05) is 13.1 Å². The SMILES string of the molecule is CCCNCC(C)Oc1ccc(-c2ccc(Br)cc2)cc1. The van der Waals surface area contributed by atoms with Gasteiger partial charge >= 0.3 is 0 Å². The summed E-state index contributed by atoms with van der Waals surface area (Å²) in [4.78, 5) is 0. The summed E-state index contributed by atoms with van der Waals surface area (Å²) in [6.45, 7) is 6.17. The molecule has 1 atom stereocenters. The zero-order valence-corrected chi connectivity index (χ0v) is 14.2. The number of hydrogen-bond donors (Lipinski definition) is 1. The monoisotopic (exact) mass is 347 g/mol. The van der Waals surface area contributed by atoms with Crippen LogP contribution in [-0.2, 0) is 0 Å². The van der Waals surface area contributed by atoms with Gasteiger partial charge in [-0.25, -0.2) is 0 Å². The largest absolute Gasteiger partial charge is 0.489 e. The Bertz CT molecular complexity index is 536. The van der Waals surface area contributed by atoms with Crippen molar-refractivity contribution < 1.29 is 4.74 Å². The van der Waals surface area contributed by atoms with E-state index in [2.05, 4.69) is 71.5 Å². The predicted octanol–water partition coefficient (Wildman–Crippen LogP) is 4.88. The van der Waals surface area contributed by atoms with Crippen molar-refractivity contribution >= 4 is 15.9 Å². The molecule has 0 saturated carbocycles. The second-order valence-corrected chi connectivity index (χ2v) is 6.08. The molecule has 1 N–H and O–H groups in total. The van der Waals surface area contributed by atoms with Crippen LogP contribution >= 0.6 is 15.9 Å². The maximum absolute atomic E-state index is 5.90. The molecule has 2 aromatic rings. The van der Waals surface area contributed by atoms with Crippen LogP contribution in [0, 0.1) is 0 Å². The van der Waals surface area contributed by atoms with Gasteiger partial charge in [-0.15, -0.1) is 0 Å². The first kappa shape index (κ1) is 16.1. The lowest BCUT2D eigenvalue weighted by atomic mass is 10.1. The number of hydrogen-bond acceptors (Lipinski definition) is 2. The topological polar surface area (TPSA) is 21.3 Å². The van der Waals surface area contributed by atoms with E-state index in [4.69, 9.17) is 4.74 Å². The molecule has 0 aliphatic heterocycles. The van der Waals surface area contributed by atoms with Crippen LogP contribution in [0.3, 0.4) is 0 Å². The summed E-state index contributed by atoms with van der Waals surface area (Å²) in [6.07, 6.45) is 1.32. The lowest BCUT2D eigenvalue weighted by molar-refractivity contribution is 0.217. The molecule has 0 heterocycles. The van der Waals surface area contributed by atoms with Crippen molar-refractivity contribution in [2.45, 2.75) is 26.4 Å². The smallest absolute Gasteiger partial charge is 0.119 e. The first-order valence-corrected chi connectivity index (χ1v) is 8.21. The molecular formula is C18H22BrNO.